The molecule has 106 valence electrons. The molecule has 0 aliphatic heterocycles. The fourth-order valence-electron chi connectivity index (χ4n) is 1.93. The van der Waals surface area contributed by atoms with Gasteiger partial charge in [-0.3, -0.25) is 4.79 Å². The molecule has 0 aliphatic rings. The van der Waals surface area contributed by atoms with E-state index in [0.29, 0.717) is 11.3 Å². The molecule has 0 spiro atoms. The lowest BCUT2D eigenvalue weighted by Gasteiger charge is -2.10. The van der Waals surface area contributed by atoms with Crippen molar-refractivity contribution in [1.82, 2.24) is 4.98 Å². The standard InChI is InChI=1S/C17H16N2O2/c1-12-5-3-6-13(2)16(12)19-17(21)15-9-8-14(11-18-15)7-4-10-20/h3,5-6,8-9,11,20H,10H2,1-2H3,(H,19,21). The maximum Gasteiger partial charge on any atom is 0.274 e. The Bertz CT molecular complexity index is 690. The molecule has 4 nitrogen and oxygen atoms in total. The second-order valence-corrected chi connectivity index (χ2v) is 4.61. The van der Waals surface area contributed by atoms with Crippen LogP contribution in [0.3, 0.4) is 0 Å². The molecule has 21 heavy (non-hydrogen) atoms. The molecule has 2 aromatic rings. The van der Waals surface area contributed by atoms with E-state index in [1.165, 1.54) is 6.20 Å². The first-order chi connectivity index (χ1) is 10.1. The first kappa shape index (κ1) is 14.8. The number of nitrogens with one attached hydrogen (secondary N) is 1. The van der Waals surface area contributed by atoms with E-state index < -0.39 is 0 Å². The van der Waals surface area contributed by atoms with Crippen molar-refractivity contribution in [3.63, 3.8) is 0 Å². The maximum atomic E-state index is 12.2. The van der Waals surface area contributed by atoms with Gasteiger partial charge in [0.05, 0.1) is 0 Å². The number of carbonyl (C=O) groups is 1. The number of anilines is 1. The molecule has 0 saturated carbocycles. The van der Waals surface area contributed by atoms with Crippen molar-refractivity contribution in [2.75, 3.05) is 11.9 Å². The number of carbonyl (C=O) groups excluding carboxylic acids is 1. The van der Waals surface area contributed by atoms with Crippen LogP contribution in [0.2, 0.25) is 0 Å². The molecule has 0 saturated heterocycles. The van der Waals surface area contributed by atoms with E-state index in [9.17, 15) is 4.79 Å². The highest BCUT2D eigenvalue weighted by atomic mass is 16.2. The van der Waals surface area contributed by atoms with Gasteiger partial charge in [-0.05, 0) is 37.1 Å². The van der Waals surface area contributed by atoms with Crippen LogP contribution in [0.4, 0.5) is 5.69 Å². The summed E-state index contributed by atoms with van der Waals surface area (Å²) in [6, 6.07) is 9.17. The number of nitrogens with zero attached hydrogens (tertiary/aromatic N) is 1. The Morgan fingerprint density at radius 3 is 2.52 bits per heavy atom. The van der Waals surface area contributed by atoms with Crippen molar-refractivity contribution >= 4 is 11.6 Å². The van der Waals surface area contributed by atoms with Gasteiger partial charge in [0.15, 0.2) is 0 Å². The van der Waals surface area contributed by atoms with Crippen LogP contribution in [0.25, 0.3) is 0 Å². The molecule has 1 aromatic carbocycles. The number of hydrogen-bond donors (Lipinski definition) is 2. The van der Waals surface area contributed by atoms with Crippen molar-refractivity contribution in [3.05, 3.63) is 58.9 Å². The number of aliphatic hydroxyl groups excluding tert-OH is 1. The van der Waals surface area contributed by atoms with Crippen molar-refractivity contribution < 1.29 is 9.90 Å². The highest BCUT2D eigenvalue weighted by molar-refractivity contribution is 6.03. The molecule has 0 fully saturated rings. The summed E-state index contributed by atoms with van der Waals surface area (Å²) >= 11 is 0. The summed E-state index contributed by atoms with van der Waals surface area (Å²) in [5, 5.41) is 11.5. The molecule has 2 N–H and O–H groups in total. The Kier molecular flexibility index (Phi) is 4.70. The third-order valence-corrected chi connectivity index (χ3v) is 3.03. The van der Waals surface area contributed by atoms with Gasteiger partial charge in [-0.2, -0.15) is 0 Å². The molecule has 1 amide bonds. The van der Waals surface area contributed by atoms with E-state index >= 15 is 0 Å². The van der Waals surface area contributed by atoms with E-state index in [-0.39, 0.29) is 12.5 Å². The Hall–Kier alpha value is -2.64. The first-order valence-corrected chi connectivity index (χ1v) is 6.55. The highest BCUT2D eigenvalue weighted by Gasteiger charge is 2.10. The summed E-state index contributed by atoms with van der Waals surface area (Å²) in [6.45, 7) is 3.70. The average molecular weight is 280 g/mol. The smallest absolute Gasteiger partial charge is 0.274 e. The van der Waals surface area contributed by atoms with Gasteiger partial charge in [0, 0.05) is 17.4 Å². The third kappa shape index (κ3) is 3.68. The van der Waals surface area contributed by atoms with Crippen LogP contribution in [0.5, 0.6) is 0 Å². The summed E-state index contributed by atoms with van der Waals surface area (Å²) in [6.07, 6.45) is 1.52. The van der Waals surface area contributed by atoms with Crippen LogP contribution in [-0.4, -0.2) is 22.6 Å². The topological polar surface area (TPSA) is 62.2 Å². The van der Waals surface area contributed by atoms with Crippen LogP contribution in [0, 0.1) is 25.7 Å². The lowest BCUT2D eigenvalue weighted by Crippen LogP contribution is -2.15. The monoisotopic (exact) mass is 280 g/mol. The summed E-state index contributed by atoms with van der Waals surface area (Å²) < 4.78 is 0. The first-order valence-electron chi connectivity index (χ1n) is 6.55. The van der Waals surface area contributed by atoms with E-state index in [2.05, 4.69) is 22.1 Å². The third-order valence-electron chi connectivity index (χ3n) is 3.03. The van der Waals surface area contributed by atoms with Crippen LogP contribution in [-0.2, 0) is 0 Å². The van der Waals surface area contributed by atoms with Gasteiger partial charge in [-0.1, -0.05) is 30.0 Å². The molecule has 0 bridgehead atoms. The zero-order chi connectivity index (χ0) is 15.2. The zero-order valence-electron chi connectivity index (χ0n) is 12.0. The van der Waals surface area contributed by atoms with Crippen molar-refractivity contribution in [2.45, 2.75) is 13.8 Å². The summed E-state index contributed by atoms with van der Waals surface area (Å²) in [5.41, 5.74) is 3.82. The van der Waals surface area contributed by atoms with Gasteiger partial charge in [0.2, 0.25) is 0 Å². The number of benzene rings is 1. The number of aliphatic hydroxyl groups is 1. The summed E-state index contributed by atoms with van der Waals surface area (Å²) in [4.78, 5) is 16.3. The number of aromatic nitrogens is 1. The molecule has 2 rings (SSSR count). The van der Waals surface area contributed by atoms with Crippen molar-refractivity contribution in [1.29, 1.82) is 0 Å². The maximum absolute atomic E-state index is 12.2. The van der Waals surface area contributed by atoms with Crippen LogP contribution in [0.15, 0.2) is 36.5 Å². The molecule has 0 aliphatic carbocycles. The number of rotatable bonds is 2. The summed E-state index contributed by atoms with van der Waals surface area (Å²) in [5.74, 6) is 5.01. The minimum Gasteiger partial charge on any atom is -0.384 e. The predicted molar refractivity (Wildman–Crippen MR) is 82.1 cm³/mol. The second-order valence-electron chi connectivity index (χ2n) is 4.61. The Morgan fingerprint density at radius 2 is 1.95 bits per heavy atom. The number of aryl methyl sites for hydroxylation is 2. The van der Waals surface area contributed by atoms with E-state index in [1.54, 1.807) is 12.1 Å². The molecular formula is C17H16N2O2. The highest BCUT2D eigenvalue weighted by Crippen LogP contribution is 2.20. The molecule has 4 heteroatoms. The molecule has 1 heterocycles. The molecule has 0 atom stereocenters. The molecule has 0 radical (unpaired) electrons. The van der Waals surface area contributed by atoms with E-state index in [1.807, 2.05) is 32.0 Å². The lowest BCUT2D eigenvalue weighted by molar-refractivity contribution is 0.102. The fraction of sp³-hybridized carbons (Fsp3) is 0.176. The SMILES string of the molecule is Cc1cccc(C)c1NC(=O)c1ccc(C#CCO)cn1. The molecule has 1 aromatic heterocycles. The second kappa shape index (κ2) is 6.69. The summed E-state index contributed by atoms with van der Waals surface area (Å²) in [7, 11) is 0. The van der Waals surface area contributed by atoms with Gasteiger partial charge in [0.25, 0.3) is 5.91 Å². The number of para-hydroxylation sites is 1. The normalized spacial score (nSPS) is 9.67. The average Bonchev–Trinajstić information content (AvgIpc) is 2.49. The largest absolute Gasteiger partial charge is 0.384 e. The number of amides is 1. The van der Waals surface area contributed by atoms with Crippen molar-refractivity contribution in [2.24, 2.45) is 0 Å². The molecule has 0 unspecified atom stereocenters. The van der Waals surface area contributed by atoms with E-state index in [0.717, 1.165) is 16.8 Å². The number of hydrogen-bond acceptors (Lipinski definition) is 3. The van der Waals surface area contributed by atoms with Gasteiger partial charge in [-0.25, -0.2) is 4.98 Å². The lowest BCUT2D eigenvalue weighted by atomic mass is 10.1. The van der Waals surface area contributed by atoms with Crippen LogP contribution < -0.4 is 5.32 Å². The zero-order valence-corrected chi connectivity index (χ0v) is 12.0. The quantitative estimate of drug-likeness (QED) is 0.830. The van der Waals surface area contributed by atoms with Crippen LogP contribution in [0.1, 0.15) is 27.2 Å². The van der Waals surface area contributed by atoms with Gasteiger partial charge in [-0.15, -0.1) is 0 Å². The Labute approximate surface area is 123 Å². The molecular weight excluding hydrogens is 264 g/mol. The van der Waals surface area contributed by atoms with Crippen LogP contribution >= 0.6 is 0 Å². The predicted octanol–water partition coefficient (Wildman–Crippen LogP) is 2.29. The van der Waals surface area contributed by atoms with Gasteiger partial charge < -0.3 is 10.4 Å². The Balaban J connectivity index is 2.17. The van der Waals surface area contributed by atoms with Crippen molar-refractivity contribution in [3.8, 4) is 11.8 Å². The Morgan fingerprint density at radius 1 is 1.24 bits per heavy atom. The minimum atomic E-state index is -0.255. The van der Waals surface area contributed by atoms with Gasteiger partial charge >= 0.3 is 0 Å². The fourth-order valence-corrected chi connectivity index (χ4v) is 1.93. The number of pyridine rings is 1. The minimum absolute atomic E-state index is 0.200. The van der Waals surface area contributed by atoms with E-state index in [4.69, 9.17) is 5.11 Å². The van der Waals surface area contributed by atoms with Gasteiger partial charge in [0.1, 0.15) is 12.3 Å².